The van der Waals surface area contributed by atoms with Gasteiger partial charge in [0.05, 0.1) is 6.54 Å². The van der Waals surface area contributed by atoms with E-state index in [2.05, 4.69) is 44.9 Å². The molecule has 1 aliphatic heterocycles. The van der Waals surface area contributed by atoms with Crippen molar-refractivity contribution in [2.24, 2.45) is 16.6 Å². The van der Waals surface area contributed by atoms with Gasteiger partial charge in [0.1, 0.15) is 0 Å². The number of piperidine rings is 1. The Morgan fingerprint density at radius 2 is 2.11 bits per heavy atom. The Morgan fingerprint density at radius 3 is 2.74 bits per heavy atom. The first kappa shape index (κ1) is 16.8. The molecule has 1 aliphatic rings. The highest BCUT2D eigenvalue weighted by Gasteiger charge is 2.17. The van der Waals surface area contributed by atoms with Crippen molar-refractivity contribution in [1.29, 1.82) is 0 Å². The molecule has 1 fully saturated rings. The summed E-state index contributed by atoms with van der Waals surface area (Å²) in [5, 5.41) is 0. The van der Waals surface area contributed by atoms with Crippen LogP contribution in [0.5, 0.6) is 0 Å². The first-order valence-electron chi connectivity index (χ1n) is 6.44. The molecule has 0 aromatic heterocycles. The van der Waals surface area contributed by atoms with E-state index in [4.69, 9.17) is 5.73 Å². The smallest absolute Gasteiger partial charge is 0.191 e. The van der Waals surface area contributed by atoms with Crippen molar-refractivity contribution >= 4 is 45.9 Å². The molecule has 2 rings (SSSR count). The molecule has 1 unspecified atom stereocenters. The second-order valence-corrected chi connectivity index (χ2v) is 5.91. The van der Waals surface area contributed by atoms with Crippen molar-refractivity contribution in [3.63, 3.8) is 0 Å². The first-order valence-corrected chi connectivity index (χ1v) is 7.24. The number of aliphatic imine (C=N–C) groups is 1. The van der Waals surface area contributed by atoms with Crippen LogP contribution in [-0.2, 0) is 6.54 Å². The van der Waals surface area contributed by atoms with Crippen molar-refractivity contribution in [2.45, 2.75) is 26.3 Å². The SMILES string of the molecule is CC1CCCN(C(N)=NCc2ccc(Br)cc2)C1.I. The van der Waals surface area contributed by atoms with E-state index in [1.165, 1.54) is 18.4 Å². The number of nitrogens with zero attached hydrogens (tertiary/aromatic N) is 2. The Hall–Kier alpha value is -0.300. The summed E-state index contributed by atoms with van der Waals surface area (Å²) < 4.78 is 1.09. The number of rotatable bonds is 2. The molecule has 1 aromatic rings. The van der Waals surface area contributed by atoms with Gasteiger partial charge in [0.15, 0.2) is 5.96 Å². The summed E-state index contributed by atoms with van der Waals surface area (Å²) in [5.74, 6) is 1.41. The topological polar surface area (TPSA) is 41.6 Å². The molecule has 5 heteroatoms. The van der Waals surface area contributed by atoms with E-state index in [1.807, 2.05) is 12.1 Å². The van der Waals surface area contributed by atoms with Crippen molar-refractivity contribution in [2.75, 3.05) is 13.1 Å². The van der Waals surface area contributed by atoms with Crippen LogP contribution in [-0.4, -0.2) is 23.9 Å². The van der Waals surface area contributed by atoms with Crippen LogP contribution in [0.15, 0.2) is 33.7 Å². The Morgan fingerprint density at radius 1 is 1.42 bits per heavy atom. The van der Waals surface area contributed by atoms with E-state index in [0.29, 0.717) is 12.5 Å². The molecule has 0 bridgehead atoms. The van der Waals surface area contributed by atoms with Crippen molar-refractivity contribution < 1.29 is 0 Å². The highest BCUT2D eigenvalue weighted by molar-refractivity contribution is 14.0. The maximum Gasteiger partial charge on any atom is 0.191 e. The molecule has 3 nitrogen and oxygen atoms in total. The Balaban J connectivity index is 0.00000180. The highest BCUT2D eigenvalue weighted by Crippen LogP contribution is 2.15. The van der Waals surface area contributed by atoms with Gasteiger partial charge in [-0.3, -0.25) is 0 Å². The predicted octanol–water partition coefficient (Wildman–Crippen LogP) is 3.61. The molecule has 1 aromatic carbocycles. The number of likely N-dealkylation sites (tertiary alicyclic amines) is 1. The molecule has 1 heterocycles. The monoisotopic (exact) mass is 437 g/mol. The maximum atomic E-state index is 6.06. The van der Waals surface area contributed by atoms with Crippen LogP contribution in [0.3, 0.4) is 0 Å². The fourth-order valence-electron chi connectivity index (χ4n) is 2.26. The van der Waals surface area contributed by atoms with Gasteiger partial charge in [0.25, 0.3) is 0 Å². The van der Waals surface area contributed by atoms with E-state index in [9.17, 15) is 0 Å². The van der Waals surface area contributed by atoms with Gasteiger partial charge >= 0.3 is 0 Å². The number of hydrogen-bond donors (Lipinski definition) is 1. The molecule has 0 spiro atoms. The zero-order valence-corrected chi connectivity index (χ0v) is 15.1. The summed E-state index contributed by atoms with van der Waals surface area (Å²) in [6, 6.07) is 8.20. The van der Waals surface area contributed by atoms with Gasteiger partial charge in [0.2, 0.25) is 0 Å². The minimum absolute atomic E-state index is 0. The Bertz CT molecular complexity index is 419. The molecule has 0 saturated carbocycles. The summed E-state index contributed by atoms with van der Waals surface area (Å²) >= 11 is 3.43. The van der Waals surface area contributed by atoms with E-state index in [0.717, 1.165) is 23.5 Å². The summed E-state index contributed by atoms with van der Waals surface area (Å²) in [7, 11) is 0. The van der Waals surface area contributed by atoms with Gasteiger partial charge in [-0.25, -0.2) is 4.99 Å². The molecular formula is C14H21BrIN3. The fraction of sp³-hybridized carbons (Fsp3) is 0.500. The third kappa shape index (κ3) is 5.30. The number of halogens is 2. The van der Waals surface area contributed by atoms with Crippen LogP contribution >= 0.6 is 39.9 Å². The summed E-state index contributed by atoms with van der Waals surface area (Å²) in [4.78, 5) is 6.69. The zero-order chi connectivity index (χ0) is 13.0. The fourth-order valence-corrected chi connectivity index (χ4v) is 2.52. The summed E-state index contributed by atoms with van der Waals surface area (Å²) in [6.07, 6.45) is 2.52. The summed E-state index contributed by atoms with van der Waals surface area (Å²) in [5.41, 5.74) is 7.24. The van der Waals surface area contributed by atoms with Gasteiger partial charge in [0, 0.05) is 17.6 Å². The first-order chi connectivity index (χ1) is 8.65. The number of guanidine groups is 1. The minimum atomic E-state index is 0. The third-order valence-corrected chi connectivity index (χ3v) is 3.85. The Labute approximate surface area is 140 Å². The average Bonchev–Trinajstić information content (AvgIpc) is 2.38. The molecule has 1 atom stereocenters. The Kier molecular flexibility index (Phi) is 7.13. The molecule has 0 radical (unpaired) electrons. The highest BCUT2D eigenvalue weighted by atomic mass is 127. The maximum absolute atomic E-state index is 6.06. The standard InChI is InChI=1S/C14H20BrN3.HI/c1-11-3-2-8-18(10-11)14(16)17-9-12-4-6-13(15)7-5-12;/h4-7,11H,2-3,8-10H2,1H3,(H2,16,17);1H. The molecule has 0 amide bonds. The number of nitrogens with two attached hydrogens (primary N) is 1. The van der Waals surface area contributed by atoms with E-state index >= 15 is 0 Å². The summed E-state index contributed by atoms with van der Waals surface area (Å²) in [6.45, 7) is 5.01. The minimum Gasteiger partial charge on any atom is -0.370 e. The van der Waals surface area contributed by atoms with Gasteiger partial charge in [-0.2, -0.15) is 0 Å². The zero-order valence-electron chi connectivity index (χ0n) is 11.2. The predicted molar refractivity (Wildman–Crippen MR) is 94.9 cm³/mol. The number of hydrogen-bond acceptors (Lipinski definition) is 1. The van der Waals surface area contributed by atoms with Crippen LogP contribution in [0.2, 0.25) is 0 Å². The lowest BCUT2D eigenvalue weighted by Gasteiger charge is -2.31. The van der Waals surface area contributed by atoms with Crippen molar-refractivity contribution in [3.05, 3.63) is 34.3 Å². The van der Waals surface area contributed by atoms with Crippen molar-refractivity contribution in [3.8, 4) is 0 Å². The largest absolute Gasteiger partial charge is 0.370 e. The lowest BCUT2D eigenvalue weighted by atomic mass is 10.0. The molecular weight excluding hydrogens is 417 g/mol. The van der Waals surface area contributed by atoms with E-state index < -0.39 is 0 Å². The normalized spacial score (nSPS) is 20.0. The van der Waals surface area contributed by atoms with E-state index in [1.54, 1.807) is 0 Å². The third-order valence-electron chi connectivity index (χ3n) is 3.32. The van der Waals surface area contributed by atoms with Crippen LogP contribution in [0.4, 0.5) is 0 Å². The molecule has 106 valence electrons. The lowest BCUT2D eigenvalue weighted by Crippen LogP contribution is -2.43. The lowest BCUT2D eigenvalue weighted by molar-refractivity contribution is 0.270. The van der Waals surface area contributed by atoms with Crippen LogP contribution in [0.25, 0.3) is 0 Å². The van der Waals surface area contributed by atoms with Gasteiger partial charge in [-0.15, -0.1) is 24.0 Å². The van der Waals surface area contributed by atoms with E-state index in [-0.39, 0.29) is 24.0 Å². The molecule has 19 heavy (non-hydrogen) atoms. The molecule has 2 N–H and O–H groups in total. The number of benzene rings is 1. The second-order valence-electron chi connectivity index (χ2n) is 4.99. The van der Waals surface area contributed by atoms with Crippen LogP contribution < -0.4 is 5.73 Å². The second kappa shape index (κ2) is 8.09. The van der Waals surface area contributed by atoms with Crippen LogP contribution in [0, 0.1) is 5.92 Å². The van der Waals surface area contributed by atoms with Crippen LogP contribution in [0.1, 0.15) is 25.3 Å². The van der Waals surface area contributed by atoms with Gasteiger partial charge < -0.3 is 10.6 Å². The molecule has 1 saturated heterocycles. The average molecular weight is 438 g/mol. The molecule has 0 aliphatic carbocycles. The van der Waals surface area contributed by atoms with Crippen molar-refractivity contribution in [1.82, 2.24) is 4.90 Å². The van der Waals surface area contributed by atoms with Gasteiger partial charge in [-0.05, 0) is 36.5 Å². The quantitative estimate of drug-likeness (QED) is 0.436. The van der Waals surface area contributed by atoms with Gasteiger partial charge in [-0.1, -0.05) is 35.0 Å².